The molecule has 2 rings (SSSR count). The summed E-state index contributed by atoms with van der Waals surface area (Å²) in [7, 11) is -3.09. The van der Waals surface area contributed by atoms with E-state index in [4.69, 9.17) is 10.9 Å². The molecule has 0 bridgehead atoms. The summed E-state index contributed by atoms with van der Waals surface area (Å²) in [6, 6.07) is 6.27. The number of rotatable bonds is 3. The quantitative estimate of drug-likeness (QED) is 0.316. The van der Waals surface area contributed by atoms with E-state index in [0.29, 0.717) is 17.5 Å². The Balaban J connectivity index is 2.18. The number of nitrogens with zero attached hydrogens (tertiary/aromatic N) is 1. The second kappa shape index (κ2) is 5.36. The summed E-state index contributed by atoms with van der Waals surface area (Å²) in [6.45, 7) is 1.71. The third-order valence-corrected chi connectivity index (χ3v) is 5.35. The molecular weight excluding hydrogens is 294 g/mol. The highest BCUT2D eigenvalue weighted by molar-refractivity contribution is 7.91. The largest absolute Gasteiger partial charge is 0.409 e. The van der Waals surface area contributed by atoms with Gasteiger partial charge in [-0.2, -0.15) is 0 Å². The average Bonchev–Trinajstić information content (AvgIpc) is 2.71. The van der Waals surface area contributed by atoms with E-state index in [1.807, 2.05) is 0 Å². The zero-order chi connectivity index (χ0) is 15.7. The Hall–Kier alpha value is -2.09. The van der Waals surface area contributed by atoms with E-state index in [-0.39, 0.29) is 23.2 Å². The molecule has 1 fully saturated rings. The number of sulfone groups is 1. The molecule has 0 aliphatic carbocycles. The van der Waals surface area contributed by atoms with Crippen LogP contribution in [0.5, 0.6) is 0 Å². The topological polar surface area (TPSA) is 122 Å². The minimum atomic E-state index is -3.09. The van der Waals surface area contributed by atoms with Gasteiger partial charge in [0.1, 0.15) is 0 Å². The summed E-state index contributed by atoms with van der Waals surface area (Å²) < 4.78 is 23.1. The Labute approximate surface area is 122 Å². The van der Waals surface area contributed by atoms with Crippen LogP contribution in [0.4, 0.5) is 0 Å². The van der Waals surface area contributed by atoms with Crippen molar-refractivity contribution < 1.29 is 18.4 Å². The van der Waals surface area contributed by atoms with Gasteiger partial charge in [-0.15, -0.1) is 0 Å². The van der Waals surface area contributed by atoms with Gasteiger partial charge < -0.3 is 16.3 Å². The van der Waals surface area contributed by atoms with Crippen LogP contribution in [-0.2, 0) is 9.84 Å². The van der Waals surface area contributed by atoms with Gasteiger partial charge in [0.15, 0.2) is 15.7 Å². The van der Waals surface area contributed by atoms with Gasteiger partial charge in [-0.05, 0) is 25.5 Å². The van der Waals surface area contributed by atoms with Crippen LogP contribution in [0, 0.1) is 0 Å². The van der Waals surface area contributed by atoms with E-state index in [1.165, 1.54) is 6.07 Å². The highest BCUT2D eigenvalue weighted by atomic mass is 32.2. The minimum absolute atomic E-state index is 0.0638. The SMILES string of the molecule is CC1(NC(=O)c2cccc(C(N)=NO)c2)CCS(=O)(=O)C1. The normalized spacial score (nSPS) is 24.7. The fourth-order valence-electron chi connectivity index (χ4n) is 2.33. The maximum atomic E-state index is 12.2. The van der Waals surface area contributed by atoms with Gasteiger partial charge in [0, 0.05) is 11.1 Å². The molecule has 1 amide bonds. The van der Waals surface area contributed by atoms with E-state index in [9.17, 15) is 13.2 Å². The molecule has 114 valence electrons. The molecule has 1 aromatic rings. The van der Waals surface area contributed by atoms with Crippen molar-refractivity contribution in [2.45, 2.75) is 18.9 Å². The first-order chi connectivity index (χ1) is 9.75. The van der Waals surface area contributed by atoms with Crippen molar-refractivity contribution in [1.82, 2.24) is 5.32 Å². The second-order valence-corrected chi connectivity index (χ2v) is 7.61. The molecule has 0 spiro atoms. The molecule has 4 N–H and O–H groups in total. The monoisotopic (exact) mass is 311 g/mol. The number of carbonyl (C=O) groups is 1. The molecule has 7 nitrogen and oxygen atoms in total. The summed E-state index contributed by atoms with van der Waals surface area (Å²) in [5, 5.41) is 14.3. The predicted octanol–water partition coefficient (Wildman–Crippen LogP) is 0.0881. The smallest absolute Gasteiger partial charge is 0.251 e. The molecule has 1 aliphatic rings. The van der Waals surface area contributed by atoms with Crippen LogP contribution >= 0.6 is 0 Å². The molecule has 0 aromatic heterocycles. The van der Waals surface area contributed by atoms with Crippen LogP contribution in [0.1, 0.15) is 29.3 Å². The van der Waals surface area contributed by atoms with Gasteiger partial charge >= 0.3 is 0 Å². The highest BCUT2D eigenvalue weighted by Crippen LogP contribution is 2.23. The molecule has 21 heavy (non-hydrogen) atoms. The number of nitrogens with two attached hydrogens (primary N) is 1. The Morgan fingerprint density at radius 1 is 1.43 bits per heavy atom. The van der Waals surface area contributed by atoms with E-state index in [1.54, 1.807) is 25.1 Å². The van der Waals surface area contributed by atoms with Crippen LogP contribution in [0.25, 0.3) is 0 Å². The molecule has 1 atom stereocenters. The zero-order valence-electron chi connectivity index (χ0n) is 11.5. The number of amides is 1. The lowest BCUT2D eigenvalue weighted by Crippen LogP contribution is -2.46. The van der Waals surface area contributed by atoms with Crippen LogP contribution in [-0.4, -0.2) is 42.4 Å². The van der Waals surface area contributed by atoms with Crippen molar-refractivity contribution in [3.05, 3.63) is 35.4 Å². The number of carbonyl (C=O) groups excluding carboxylic acids is 1. The van der Waals surface area contributed by atoms with Crippen molar-refractivity contribution in [1.29, 1.82) is 0 Å². The van der Waals surface area contributed by atoms with Gasteiger partial charge in [0.05, 0.1) is 17.0 Å². The maximum Gasteiger partial charge on any atom is 0.251 e. The van der Waals surface area contributed by atoms with Crippen molar-refractivity contribution in [2.24, 2.45) is 10.9 Å². The molecule has 1 unspecified atom stereocenters. The Morgan fingerprint density at radius 2 is 2.10 bits per heavy atom. The van der Waals surface area contributed by atoms with E-state index in [2.05, 4.69) is 10.5 Å². The third kappa shape index (κ3) is 3.52. The molecule has 1 heterocycles. The van der Waals surface area contributed by atoms with E-state index >= 15 is 0 Å². The molecule has 1 saturated heterocycles. The van der Waals surface area contributed by atoms with E-state index < -0.39 is 15.4 Å². The number of oxime groups is 1. The minimum Gasteiger partial charge on any atom is -0.409 e. The molecule has 0 saturated carbocycles. The molecular formula is C13H17N3O4S. The lowest BCUT2D eigenvalue weighted by atomic mass is 10.0. The van der Waals surface area contributed by atoms with Gasteiger partial charge in [0.25, 0.3) is 5.91 Å². The third-order valence-electron chi connectivity index (χ3n) is 3.45. The zero-order valence-corrected chi connectivity index (χ0v) is 12.4. The van der Waals surface area contributed by atoms with Crippen molar-refractivity contribution in [3.8, 4) is 0 Å². The van der Waals surface area contributed by atoms with Crippen molar-refractivity contribution in [2.75, 3.05) is 11.5 Å². The number of benzene rings is 1. The van der Waals surface area contributed by atoms with Crippen LogP contribution in [0.3, 0.4) is 0 Å². The summed E-state index contributed by atoms with van der Waals surface area (Å²) in [5.41, 5.74) is 5.45. The first-order valence-corrected chi connectivity index (χ1v) is 8.18. The lowest BCUT2D eigenvalue weighted by molar-refractivity contribution is 0.0915. The summed E-state index contributed by atoms with van der Waals surface area (Å²) in [4.78, 5) is 12.2. The highest BCUT2D eigenvalue weighted by Gasteiger charge is 2.39. The maximum absolute atomic E-state index is 12.2. The molecule has 8 heteroatoms. The molecule has 1 aliphatic heterocycles. The standard InChI is InChI=1S/C13H17N3O4S/c1-13(5-6-21(19,20)8-13)15-12(17)10-4-2-3-9(7-10)11(14)16-18/h2-4,7,18H,5-6,8H2,1H3,(H2,14,16)(H,15,17). The van der Waals surface area contributed by atoms with Gasteiger partial charge in [-0.25, -0.2) is 8.42 Å². The van der Waals surface area contributed by atoms with Crippen molar-refractivity contribution in [3.63, 3.8) is 0 Å². The Bertz CT molecular complexity index is 699. The van der Waals surface area contributed by atoms with Gasteiger partial charge in [0.2, 0.25) is 0 Å². The molecule has 0 radical (unpaired) electrons. The average molecular weight is 311 g/mol. The first-order valence-electron chi connectivity index (χ1n) is 6.36. The van der Waals surface area contributed by atoms with Crippen molar-refractivity contribution >= 4 is 21.6 Å². The number of hydrogen-bond acceptors (Lipinski definition) is 5. The summed E-state index contributed by atoms with van der Waals surface area (Å²) >= 11 is 0. The fraction of sp³-hybridized carbons (Fsp3) is 0.385. The second-order valence-electron chi connectivity index (χ2n) is 5.42. The van der Waals surface area contributed by atoms with Crippen LogP contribution < -0.4 is 11.1 Å². The molecule has 1 aromatic carbocycles. The van der Waals surface area contributed by atoms with Gasteiger partial charge in [-0.1, -0.05) is 17.3 Å². The Morgan fingerprint density at radius 3 is 2.67 bits per heavy atom. The van der Waals surface area contributed by atoms with Gasteiger partial charge in [-0.3, -0.25) is 4.79 Å². The predicted molar refractivity (Wildman–Crippen MR) is 78.1 cm³/mol. The van der Waals surface area contributed by atoms with Crippen LogP contribution in [0.15, 0.2) is 29.4 Å². The fourth-order valence-corrected chi connectivity index (χ4v) is 4.43. The number of amidine groups is 1. The van der Waals surface area contributed by atoms with Crippen LogP contribution in [0.2, 0.25) is 0 Å². The summed E-state index contributed by atoms with van der Waals surface area (Å²) in [5.74, 6) is -0.471. The number of hydrogen-bond donors (Lipinski definition) is 3. The first kappa shape index (κ1) is 15.3. The van der Waals surface area contributed by atoms with E-state index in [0.717, 1.165) is 0 Å². The Kier molecular flexibility index (Phi) is 3.91. The lowest BCUT2D eigenvalue weighted by Gasteiger charge is -2.24. The number of nitrogens with one attached hydrogen (secondary N) is 1. The summed E-state index contributed by atoms with van der Waals surface area (Å²) in [6.07, 6.45) is 0.390.